The Morgan fingerprint density at radius 3 is 2.76 bits per heavy atom. The van der Waals surface area contributed by atoms with E-state index in [2.05, 4.69) is 10.3 Å². The first-order valence-corrected chi connectivity index (χ1v) is 7.17. The normalized spacial score (nSPS) is 13.4. The Morgan fingerprint density at radius 2 is 2.14 bits per heavy atom. The summed E-state index contributed by atoms with van der Waals surface area (Å²) >= 11 is 0. The van der Waals surface area contributed by atoms with Crippen molar-refractivity contribution in [3.05, 3.63) is 49.1 Å². The van der Waals surface area contributed by atoms with Gasteiger partial charge in [0.15, 0.2) is 6.10 Å². The Kier molecular flexibility index (Phi) is 5.37. The second-order valence-corrected chi connectivity index (χ2v) is 5.00. The summed E-state index contributed by atoms with van der Waals surface area (Å²) in [5, 5.41) is 2.98. The molecule has 0 unspecified atom stereocenters. The fourth-order valence-corrected chi connectivity index (χ4v) is 2.08. The van der Waals surface area contributed by atoms with E-state index in [1.807, 2.05) is 54.9 Å². The van der Waals surface area contributed by atoms with Crippen LogP contribution in [-0.2, 0) is 11.3 Å². The molecular formula is C16H21N3O2. The second kappa shape index (κ2) is 7.47. The van der Waals surface area contributed by atoms with Crippen molar-refractivity contribution in [3.63, 3.8) is 0 Å². The maximum absolute atomic E-state index is 12.3. The van der Waals surface area contributed by atoms with Gasteiger partial charge in [-0.05, 0) is 25.5 Å². The zero-order valence-corrected chi connectivity index (χ0v) is 12.4. The summed E-state index contributed by atoms with van der Waals surface area (Å²) in [7, 11) is 0. The van der Waals surface area contributed by atoms with E-state index in [0.29, 0.717) is 18.7 Å². The molecule has 0 aliphatic heterocycles. The van der Waals surface area contributed by atoms with Crippen LogP contribution in [0.5, 0.6) is 5.75 Å². The molecule has 0 saturated carbocycles. The summed E-state index contributed by atoms with van der Waals surface area (Å²) in [6.45, 7) is 4.59. The topological polar surface area (TPSA) is 56.1 Å². The van der Waals surface area contributed by atoms with E-state index in [0.717, 1.165) is 0 Å². The fourth-order valence-electron chi connectivity index (χ4n) is 2.08. The molecule has 0 aliphatic rings. The molecule has 0 aliphatic carbocycles. The number of benzene rings is 1. The number of rotatable bonds is 7. The van der Waals surface area contributed by atoms with Gasteiger partial charge in [-0.2, -0.15) is 0 Å². The second-order valence-electron chi connectivity index (χ2n) is 5.00. The van der Waals surface area contributed by atoms with E-state index in [-0.39, 0.29) is 11.9 Å². The summed E-state index contributed by atoms with van der Waals surface area (Å²) in [6, 6.07) is 9.42. The number of ether oxygens (including phenoxy) is 1. The first-order chi connectivity index (χ1) is 10.2. The molecule has 5 nitrogen and oxygen atoms in total. The minimum atomic E-state index is -0.474. The van der Waals surface area contributed by atoms with Gasteiger partial charge in [0.2, 0.25) is 0 Å². The van der Waals surface area contributed by atoms with E-state index in [1.54, 1.807) is 12.5 Å². The van der Waals surface area contributed by atoms with Gasteiger partial charge in [-0.25, -0.2) is 4.98 Å². The number of hydrogen-bond acceptors (Lipinski definition) is 3. The SMILES string of the molecule is CC[C@@H](Oc1ccccc1)C(=O)N[C@@H](C)Cn1ccnc1. The summed E-state index contributed by atoms with van der Waals surface area (Å²) in [6.07, 6.45) is 5.49. The highest BCUT2D eigenvalue weighted by Crippen LogP contribution is 2.12. The third-order valence-electron chi connectivity index (χ3n) is 3.12. The van der Waals surface area contributed by atoms with Crippen molar-refractivity contribution in [3.8, 4) is 5.75 Å². The number of para-hydroxylation sites is 1. The van der Waals surface area contributed by atoms with Gasteiger partial charge in [-0.3, -0.25) is 4.79 Å². The molecule has 2 rings (SSSR count). The summed E-state index contributed by atoms with van der Waals surface area (Å²) < 4.78 is 7.66. The number of imidazole rings is 1. The van der Waals surface area contributed by atoms with E-state index in [9.17, 15) is 4.79 Å². The van der Waals surface area contributed by atoms with Gasteiger partial charge in [0.25, 0.3) is 5.91 Å². The predicted molar refractivity (Wildman–Crippen MR) is 81.0 cm³/mol. The largest absolute Gasteiger partial charge is 0.481 e. The third-order valence-corrected chi connectivity index (χ3v) is 3.12. The van der Waals surface area contributed by atoms with Crippen molar-refractivity contribution in [1.82, 2.24) is 14.9 Å². The first-order valence-electron chi connectivity index (χ1n) is 7.17. The smallest absolute Gasteiger partial charge is 0.261 e. The predicted octanol–water partition coefficient (Wildman–Crippen LogP) is 2.25. The van der Waals surface area contributed by atoms with E-state index < -0.39 is 6.10 Å². The lowest BCUT2D eigenvalue weighted by Crippen LogP contribution is -2.43. The van der Waals surface area contributed by atoms with Crippen LogP contribution in [0, 0.1) is 0 Å². The average molecular weight is 287 g/mol. The van der Waals surface area contributed by atoms with Gasteiger partial charge in [0.1, 0.15) is 5.75 Å². The maximum atomic E-state index is 12.3. The molecule has 0 saturated heterocycles. The molecule has 1 amide bonds. The van der Waals surface area contributed by atoms with Crippen LogP contribution in [0.4, 0.5) is 0 Å². The molecule has 0 bridgehead atoms. The summed E-state index contributed by atoms with van der Waals surface area (Å²) in [5.41, 5.74) is 0. The molecular weight excluding hydrogens is 266 g/mol. The fraction of sp³-hybridized carbons (Fsp3) is 0.375. The highest BCUT2D eigenvalue weighted by atomic mass is 16.5. The van der Waals surface area contributed by atoms with Crippen molar-refractivity contribution >= 4 is 5.91 Å². The number of amides is 1. The number of carbonyl (C=O) groups excluding carboxylic acids is 1. The zero-order chi connectivity index (χ0) is 15.1. The highest BCUT2D eigenvalue weighted by molar-refractivity contribution is 5.81. The Morgan fingerprint density at radius 1 is 1.38 bits per heavy atom. The third kappa shape index (κ3) is 4.63. The Balaban J connectivity index is 1.87. The van der Waals surface area contributed by atoms with Crippen LogP contribution in [0.1, 0.15) is 20.3 Å². The van der Waals surface area contributed by atoms with Crippen molar-refractivity contribution in [2.24, 2.45) is 0 Å². The Hall–Kier alpha value is -2.30. The summed E-state index contributed by atoms with van der Waals surface area (Å²) in [4.78, 5) is 16.2. The average Bonchev–Trinajstić information content (AvgIpc) is 2.98. The number of carbonyl (C=O) groups is 1. The zero-order valence-electron chi connectivity index (χ0n) is 12.4. The van der Waals surface area contributed by atoms with E-state index in [4.69, 9.17) is 4.74 Å². The summed E-state index contributed by atoms with van der Waals surface area (Å²) in [5.74, 6) is 0.621. The Labute approximate surface area is 125 Å². The van der Waals surface area contributed by atoms with Crippen molar-refractivity contribution in [2.45, 2.75) is 39.0 Å². The number of nitrogens with one attached hydrogen (secondary N) is 1. The van der Waals surface area contributed by atoms with Crippen LogP contribution in [-0.4, -0.2) is 27.6 Å². The number of aromatic nitrogens is 2. The maximum Gasteiger partial charge on any atom is 0.261 e. The van der Waals surface area contributed by atoms with Crippen LogP contribution in [0.3, 0.4) is 0 Å². The van der Waals surface area contributed by atoms with Gasteiger partial charge < -0.3 is 14.6 Å². The Bertz CT molecular complexity index is 540. The van der Waals surface area contributed by atoms with E-state index >= 15 is 0 Å². The number of nitrogens with zero attached hydrogens (tertiary/aromatic N) is 2. The van der Waals surface area contributed by atoms with Crippen LogP contribution in [0.2, 0.25) is 0 Å². The molecule has 2 aromatic rings. The molecule has 0 fully saturated rings. The molecule has 5 heteroatoms. The molecule has 1 heterocycles. The van der Waals surface area contributed by atoms with Crippen molar-refractivity contribution in [2.75, 3.05) is 0 Å². The lowest BCUT2D eigenvalue weighted by molar-refractivity contribution is -0.128. The quantitative estimate of drug-likeness (QED) is 0.849. The highest BCUT2D eigenvalue weighted by Gasteiger charge is 2.20. The van der Waals surface area contributed by atoms with Crippen molar-refractivity contribution < 1.29 is 9.53 Å². The lowest BCUT2D eigenvalue weighted by Gasteiger charge is -2.20. The molecule has 0 radical (unpaired) electrons. The van der Waals surface area contributed by atoms with Crippen molar-refractivity contribution in [1.29, 1.82) is 0 Å². The molecule has 112 valence electrons. The van der Waals surface area contributed by atoms with Gasteiger partial charge in [0.05, 0.1) is 6.33 Å². The number of hydrogen-bond donors (Lipinski definition) is 1. The lowest BCUT2D eigenvalue weighted by atomic mass is 10.2. The molecule has 1 aromatic carbocycles. The minimum Gasteiger partial charge on any atom is -0.481 e. The molecule has 0 spiro atoms. The van der Waals surface area contributed by atoms with Gasteiger partial charge >= 0.3 is 0 Å². The minimum absolute atomic E-state index is 0.0140. The standard InChI is InChI=1S/C16H21N3O2/c1-3-15(21-14-7-5-4-6-8-14)16(20)18-13(2)11-19-10-9-17-12-19/h4-10,12-13,15H,3,11H2,1-2H3,(H,18,20)/t13-,15+/m0/s1. The molecule has 21 heavy (non-hydrogen) atoms. The van der Waals surface area contributed by atoms with E-state index in [1.165, 1.54) is 0 Å². The first kappa shape index (κ1) is 15.1. The molecule has 2 atom stereocenters. The van der Waals surface area contributed by atoms with Crippen LogP contribution in [0.15, 0.2) is 49.1 Å². The van der Waals surface area contributed by atoms with Crippen LogP contribution < -0.4 is 10.1 Å². The van der Waals surface area contributed by atoms with Gasteiger partial charge in [0, 0.05) is 25.0 Å². The molecule has 1 N–H and O–H groups in total. The van der Waals surface area contributed by atoms with Gasteiger partial charge in [-0.1, -0.05) is 25.1 Å². The van der Waals surface area contributed by atoms with Crippen LogP contribution >= 0.6 is 0 Å². The molecule has 1 aromatic heterocycles. The van der Waals surface area contributed by atoms with Crippen LogP contribution in [0.25, 0.3) is 0 Å². The monoisotopic (exact) mass is 287 g/mol. The van der Waals surface area contributed by atoms with Gasteiger partial charge in [-0.15, -0.1) is 0 Å².